The molecule has 1 aliphatic rings. The fourth-order valence-electron chi connectivity index (χ4n) is 3.63. The zero-order valence-electron chi connectivity index (χ0n) is 12.6. The van der Waals surface area contributed by atoms with Gasteiger partial charge in [-0.05, 0) is 49.9 Å². The van der Waals surface area contributed by atoms with E-state index in [2.05, 4.69) is 26.8 Å². The summed E-state index contributed by atoms with van der Waals surface area (Å²) in [6.07, 6.45) is 11.8. The van der Waals surface area contributed by atoms with E-state index < -0.39 is 0 Å². The minimum atomic E-state index is 0.359. The molecule has 0 heterocycles. The number of hydrogen-bond acceptors (Lipinski definition) is 1. The van der Waals surface area contributed by atoms with Gasteiger partial charge in [0, 0.05) is 5.92 Å². The predicted octanol–water partition coefficient (Wildman–Crippen LogP) is 5.56. The summed E-state index contributed by atoms with van der Waals surface area (Å²) >= 11 is 0. The molecule has 0 radical (unpaired) electrons. The van der Waals surface area contributed by atoms with Gasteiger partial charge in [0.1, 0.15) is 0 Å². The van der Waals surface area contributed by atoms with Gasteiger partial charge in [0.15, 0.2) is 0 Å². The third kappa shape index (κ3) is 5.01. The first kappa shape index (κ1) is 15.5. The molecule has 0 spiro atoms. The Labute approximate surface area is 114 Å². The molecule has 0 aliphatic heterocycles. The summed E-state index contributed by atoms with van der Waals surface area (Å²) < 4.78 is 0. The Morgan fingerprint density at radius 1 is 1.06 bits per heavy atom. The summed E-state index contributed by atoms with van der Waals surface area (Å²) in [7, 11) is 0. The summed E-state index contributed by atoms with van der Waals surface area (Å²) in [6.45, 7) is 7.05. The maximum Gasteiger partial charge on any atom is 0.0655 e. The molecular weight excluding hydrogens is 218 g/mol. The molecule has 1 heteroatoms. The van der Waals surface area contributed by atoms with Crippen LogP contribution in [-0.2, 0) is 0 Å². The highest BCUT2D eigenvalue weighted by atomic mass is 14.3. The van der Waals surface area contributed by atoms with Crippen LogP contribution in [0.1, 0.15) is 78.6 Å². The van der Waals surface area contributed by atoms with Crippen molar-refractivity contribution < 1.29 is 0 Å². The second-order valence-corrected chi connectivity index (χ2v) is 6.38. The second-order valence-electron chi connectivity index (χ2n) is 6.38. The van der Waals surface area contributed by atoms with Crippen molar-refractivity contribution in [3.63, 3.8) is 0 Å². The van der Waals surface area contributed by atoms with E-state index >= 15 is 0 Å². The average Bonchev–Trinajstić information content (AvgIpc) is 2.40. The molecular formula is C17H31N. The Balaban J connectivity index is 2.31. The first-order chi connectivity index (χ1) is 8.71. The molecule has 1 saturated carbocycles. The highest BCUT2D eigenvalue weighted by Gasteiger charge is 2.26. The second kappa shape index (κ2) is 8.57. The van der Waals surface area contributed by atoms with Gasteiger partial charge in [0.25, 0.3) is 0 Å². The predicted molar refractivity (Wildman–Crippen MR) is 78.1 cm³/mol. The quantitative estimate of drug-likeness (QED) is 0.579. The lowest BCUT2D eigenvalue weighted by Gasteiger charge is -2.32. The van der Waals surface area contributed by atoms with Gasteiger partial charge >= 0.3 is 0 Å². The van der Waals surface area contributed by atoms with E-state index in [1.54, 1.807) is 0 Å². The van der Waals surface area contributed by atoms with E-state index in [4.69, 9.17) is 5.26 Å². The fourth-order valence-corrected chi connectivity index (χ4v) is 3.63. The van der Waals surface area contributed by atoms with E-state index in [1.165, 1.54) is 44.9 Å². The van der Waals surface area contributed by atoms with Crippen LogP contribution in [0.15, 0.2) is 0 Å². The van der Waals surface area contributed by atoms with E-state index in [1.807, 2.05) is 0 Å². The molecule has 0 saturated heterocycles. The van der Waals surface area contributed by atoms with Crippen molar-refractivity contribution in [3.05, 3.63) is 0 Å². The summed E-state index contributed by atoms with van der Waals surface area (Å²) in [4.78, 5) is 0. The molecule has 18 heavy (non-hydrogen) atoms. The SMILES string of the molecule is CCCC(C)CCC(CC)C1CCC(C#N)CC1. The molecule has 1 fully saturated rings. The number of nitrogens with zero attached hydrogens (tertiary/aromatic N) is 1. The molecule has 0 aromatic rings. The van der Waals surface area contributed by atoms with Crippen LogP contribution in [0.5, 0.6) is 0 Å². The molecule has 0 N–H and O–H groups in total. The van der Waals surface area contributed by atoms with Crippen LogP contribution in [0, 0.1) is 35.0 Å². The Morgan fingerprint density at radius 2 is 1.72 bits per heavy atom. The Bertz CT molecular complexity index is 245. The van der Waals surface area contributed by atoms with Gasteiger partial charge in [0.2, 0.25) is 0 Å². The Hall–Kier alpha value is -0.510. The summed E-state index contributed by atoms with van der Waals surface area (Å²) in [5, 5.41) is 8.96. The van der Waals surface area contributed by atoms with Gasteiger partial charge in [-0.2, -0.15) is 5.26 Å². The van der Waals surface area contributed by atoms with Crippen molar-refractivity contribution in [1.82, 2.24) is 0 Å². The molecule has 1 rings (SSSR count). The fraction of sp³-hybridized carbons (Fsp3) is 0.941. The van der Waals surface area contributed by atoms with Gasteiger partial charge in [-0.25, -0.2) is 0 Å². The normalized spacial score (nSPS) is 27.4. The molecule has 2 unspecified atom stereocenters. The topological polar surface area (TPSA) is 23.8 Å². The average molecular weight is 249 g/mol. The Morgan fingerprint density at radius 3 is 2.22 bits per heavy atom. The van der Waals surface area contributed by atoms with Crippen molar-refractivity contribution >= 4 is 0 Å². The van der Waals surface area contributed by atoms with Crippen molar-refractivity contribution in [2.75, 3.05) is 0 Å². The molecule has 0 aromatic heterocycles. The van der Waals surface area contributed by atoms with E-state index in [0.717, 1.165) is 30.6 Å². The molecule has 1 nitrogen and oxygen atoms in total. The molecule has 0 aromatic carbocycles. The number of nitriles is 1. The van der Waals surface area contributed by atoms with Crippen molar-refractivity contribution in [2.24, 2.45) is 23.7 Å². The number of rotatable bonds is 7. The zero-order chi connectivity index (χ0) is 13.4. The van der Waals surface area contributed by atoms with Crippen LogP contribution >= 0.6 is 0 Å². The van der Waals surface area contributed by atoms with Crippen LogP contribution in [-0.4, -0.2) is 0 Å². The lowest BCUT2D eigenvalue weighted by Crippen LogP contribution is -2.21. The summed E-state index contributed by atoms with van der Waals surface area (Å²) in [5.74, 6) is 3.09. The zero-order valence-corrected chi connectivity index (χ0v) is 12.6. The van der Waals surface area contributed by atoms with Gasteiger partial charge < -0.3 is 0 Å². The third-order valence-corrected chi connectivity index (χ3v) is 4.96. The third-order valence-electron chi connectivity index (χ3n) is 4.96. The summed E-state index contributed by atoms with van der Waals surface area (Å²) in [6, 6.07) is 2.45. The number of hydrogen-bond donors (Lipinski definition) is 0. The molecule has 2 atom stereocenters. The first-order valence-corrected chi connectivity index (χ1v) is 8.10. The molecule has 1 aliphatic carbocycles. The van der Waals surface area contributed by atoms with Crippen molar-refractivity contribution in [3.8, 4) is 6.07 Å². The lowest BCUT2D eigenvalue weighted by molar-refractivity contribution is 0.200. The largest absolute Gasteiger partial charge is 0.198 e. The summed E-state index contributed by atoms with van der Waals surface area (Å²) in [5.41, 5.74) is 0. The smallest absolute Gasteiger partial charge is 0.0655 e. The van der Waals surface area contributed by atoms with Gasteiger partial charge in [-0.15, -0.1) is 0 Å². The maximum absolute atomic E-state index is 8.96. The van der Waals surface area contributed by atoms with Crippen LogP contribution in [0.3, 0.4) is 0 Å². The van der Waals surface area contributed by atoms with Gasteiger partial charge in [-0.3, -0.25) is 0 Å². The van der Waals surface area contributed by atoms with E-state index in [-0.39, 0.29) is 0 Å². The monoisotopic (exact) mass is 249 g/mol. The van der Waals surface area contributed by atoms with Crippen LogP contribution in [0.25, 0.3) is 0 Å². The van der Waals surface area contributed by atoms with Crippen LogP contribution in [0.2, 0.25) is 0 Å². The lowest BCUT2D eigenvalue weighted by atomic mass is 9.73. The molecule has 104 valence electrons. The minimum Gasteiger partial charge on any atom is -0.198 e. The van der Waals surface area contributed by atoms with Crippen LogP contribution < -0.4 is 0 Å². The molecule has 0 amide bonds. The maximum atomic E-state index is 8.96. The van der Waals surface area contributed by atoms with Crippen LogP contribution in [0.4, 0.5) is 0 Å². The van der Waals surface area contributed by atoms with Gasteiger partial charge in [-0.1, -0.05) is 46.5 Å². The highest BCUT2D eigenvalue weighted by molar-refractivity contribution is 4.88. The minimum absolute atomic E-state index is 0.359. The Kier molecular flexibility index (Phi) is 7.40. The first-order valence-electron chi connectivity index (χ1n) is 8.10. The highest BCUT2D eigenvalue weighted by Crippen LogP contribution is 2.37. The standard InChI is InChI=1S/C17H31N/c1-4-6-14(3)7-10-16(5-2)17-11-8-15(13-18)9-12-17/h14-17H,4-12H2,1-3H3. The van der Waals surface area contributed by atoms with E-state index in [9.17, 15) is 0 Å². The van der Waals surface area contributed by atoms with Crippen molar-refractivity contribution in [2.45, 2.75) is 78.6 Å². The van der Waals surface area contributed by atoms with E-state index in [0.29, 0.717) is 5.92 Å². The van der Waals surface area contributed by atoms with Gasteiger partial charge in [0.05, 0.1) is 6.07 Å². The van der Waals surface area contributed by atoms with Crippen molar-refractivity contribution in [1.29, 1.82) is 5.26 Å². The molecule has 0 bridgehead atoms.